The molecule has 7 nitrogen and oxygen atoms in total. The lowest BCUT2D eigenvalue weighted by molar-refractivity contribution is 0.0696. The number of benzene rings is 1. The van der Waals surface area contributed by atoms with Crippen LogP contribution in [0.25, 0.3) is 0 Å². The van der Waals surface area contributed by atoms with Gasteiger partial charge in [0.25, 0.3) is 0 Å². The van der Waals surface area contributed by atoms with Crippen molar-refractivity contribution in [1.82, 2.24) is 9.97 Å². The molecule has 0 saturated heterocycles. The van der Waals surface area contributed by atoms with Gasteiger partial charge in [0, 0.05) is 18.0 Å². The molecule has 3 N–H and O–H groups in total. The Hall–Kier alpha value is -2.80. The van der Waals surface area contributed by atoms with Crippen molar-refractivity contribution < 1.29 is 24.9 Å². The second-order valence-electron chi connectivity index (χ2n) is 7.07. The molecule has 2 atom stereocenters. The molecule has 1 heterocycles. The van der Waals surface area contributed by atoms with Crippen LogP contribution in [0, 0.1) is 12.8 Å². The molecular formula is C22H30N2O5. The van der Waals surface area contributed by atoms with E-state index in [9.17, 15) is 14.7 Å². The van der Waals surface area contributed by atoms with E-state index in [1.165, 1.54) is 50.7 Å². The van der Waals surface area contributed by atoms with Gasteiger partial charge in [-0.1, -0.05) is 45.6 Å². The Kier molecular flexibility index (Phi) is 10.5. The van der Waals surface area contributed by atoms with Crippen molar-refractivity contribution in [2.45, 2.75) is 59.0 Å². The topological polar surface area (TPSA) is 121 Å². The fourth-order valence-electron chi connectivity index (χ4n) is 2.78. The van der Waals surface area contributed by atoms with Gasteiger partial charge in [-0.3, -0.25) is 0 Å². The fraction of sp³-hybridized carbons (Fsp3) is 0.455. The molecule has 7 heteroatoms. The summed E-state index contributed by atoms with van der Waals surface area (Å²) in [4.78, 5) is 29.0. The van der Waals surface area contributed by atoms with Crippen LogP contribution in [0.5, 0.6) is 0 Å². The van der Waals surface area contributed by atoms with E-state index in [0.717, 1.165) is 24.3 Å². The van der Waals surface area contributed by atoms with Crippen LogP contribution >= 0.6 is 0 Å². The van der Waals surface area contributed by atoms with E-state index in [1.54, 1.807) is 12.4 Å². The molecule has 1 aromatic carbocycles. The second kappa shape index (κ2) is 12.6. The van der Waals surface area contributed by atoms with E-state index in [-0.39, 0.29) is 16.7 Å². The third-order valence-corrected chi connectivity index (χ3v) is 4.88. The number of aliphatic hydroxyl groups is 1. The van der Waals surface area contributed by atoms with Gasteiger partial charge in [0.1, 0.15) is 6.33 Å². The van der Waals surface area contributed by atoms with Crippen LogP contribution in [0.15, 0.2) is 36.9 Å². The number of unbranched alkanes of at least 4 members (excludes halogenated alkanes) is 1. The summed E-state index contributed by atoms with van der Waals surface area (Å²) in [5, 5.41) is 27.2. The number of aromatic nitrogens is 2. The summed E-state index contributed by atoms with van der Waals surface area (Å²) in [7, 11) is 0. The van der Waals surface area contributed by atoms with Crippen molar-refractivity contribution in [3.63, 3.8) is 0 Å². The van der Waals surface area contributed by atoms with Gasteiger partial charge in [-0.05, 0) is 37.0 Å². The van der Waals surface area contributed by atoms with Crippen LogP contribution in [-0.2, 0) is 0 Å². The summed E-state index contributed by atoms with van der Waals surface area (Å²) in [6, 6.07) is 4.17. The first-order chi connectivity index (χ1) is 13.8. The minimum atomic E-state index is -1.11. The van der Waals surface area contributed by atoms with Crippen LogP contribution in [0.2, 0.25) is 0 Å². The zero-order valence-electron chi connectivity index (χ0n) is 17.2. The average Bonchev–Trinajstić information content (AvgIpc) is 2.71. The Bertz CT molecular complexity index is 748. The maximum absolute atomic E-state index is 10.6. The summed E-state index contributed by atoms with van der Waals surface area (Å²) < 4.78 is 0. The zero-order chi connectivity index (χ0) is 21.8. The molecule has 2 rings (SSSR count). The number of carbonyl (C=O) groups is 2. The molecule has 0 radical (unpaired) electrons. The van der Waals surface area contributed by atoms with Gasteiger partial charge in [-0.15, -0.1) is 0 Å². The molecule has 2 aromatic rings. The van der Waals surface area contributed by atoms with Crippen molar-refractivity contribution in [1.29, 1.82) is 0 Å². The smallest absolute Gasteiger partial charge is 0.335 e. The van der Waals surface area contributed by atoms with E-state index >= 15 is 0 Å². The Morgan fingerprint density at radius 2 is 1.52 bits per heavy atom. The monoisotopic (exact) mass is 402 g/mol. The Labute approximate surface area is 171 Å². The second-order valence-corrected chi connectivity index (χ2v) is 7.07. The van der Waals surface area contributed by atoms with Crippen LogP contribution in [0.3, 0.4) is 0 Å². The van der Waals surface area contributed by atoms with Gasteiger partial charge in [0.2, 0.25) is 0 Å². The highest BCUT2D eigenvalue weighted by atomic mass is 16.4. The molecule has 0 aliphatic rings. The minimum absolute atomic E-state index is 0.0277. The third kappa shape index (κ3) is 8.39. The maximum atomic E-state index is 10.6. The fourth-order valence-corrected chi connectivity index (χ4v) is 2.78. The third-order valence-electron chi connectivity index (χ3n) is 4.88. The number of carboxylic acids is 2. The highest BCUT2D eigenvalue weighted by Gasteiger charge is 2.13. The number of nitrogens with zero attached hydrogens (tertiary/aromatic N) is 2. The van der Waals surface area contributed by atoms with Crippen molar-refractivity contribution in [3.05, 3.63) is 59.2 Å². The van der Waals surface area contributed by atoms with Crippen molar-refractivity contribution in [3.8, 4) is 0 Å². The molecule has 0 saturated carbocycles. The maximum Gasteiger partial charge on any atom is 0.335 e. The molecular weight excluding hydrogens is 372 g/mol. The lowest BCUT2D eigenvalue weighted by Gasteiger charge is -2.11. The quantitative estimate of drug-likeness (QED) is 0.528. The lowest BCUT2D eigenvalue weighted by atomic mass is 9.99. The summed E-state index contributed by atoms with van der Waals surface area (Å²) in [6.45, 7) is 5.98. The van der Waals surface area contributed by atoms with Gasteiger partial charge in [0.05, 0.1) is 17.2 Å². The first kappa shape index (κ1) is 24.2. The van der Waals surface area contributed by atoms with E-state index in [4.69, 9.17) is 10.2 Å². The molecule has 0 fully saturated rings. The lowest BCUT2D eigenvalue weighted by Crippen LogP contribution is -2.06. The first-order valence-electron chi connectivity index (χ1n) is 9.77. The molecule has 2 unspecified atom stereocenters. The van der Waals surface area contributed by atoms with E-state index in [1.807, 2.05) is 0 Å². The minimum Gasteiger partial charge on any atom is -0.478 e. The number of hydrogen-bond acceptors (Lipinski definition) is 5. The van der Waals surface area contributed by atoms with Crippen molar-refractivity contribution in [2.24, 2.45) is 5.92 Å². The summed E-state index contributed by atoms with van der Waals surface area (Å²) in [5.41, 5.74) is 1.16. The number of aromatic carboxylic acids is 2. The van der Waals surface area contributed by atoms with Gasteiger partial charge < -0.3 is 15.3 Å². The zero-order valence-corrected chi connectivity index (χ0v) is 17.2. The average molecular weight is 402 g/mol. The van der Waals surface area contributed by atoms with Crippen molar-refractivity contribution >= 4 is 11.9 Å². The standard InChI is InChI=1S/C13H22N2O.C9H8O4/c1-3-11(2)6-4-5-7-13(16)12-8-14-10-15-9-12;1-5-6(8(10)11)3-2-4-7(5)9(12)13/h8-11,13,16H,3-7H2,1-2H3;2-4H,1H3,(H,10,11)(H,12,13). The van der Waals surface area contributed by atoms with E-state index < -0.39 is 18.0 Å². The number of rotatable bonds is 9. The van der Waals surface area contributed by atoms with Gasteiger partial charge in [0.15, 0.2) is 0 Å². The molecule has 0 spiro atoms. The molecule has 0 aliphatic heterocycles. The molecule has 0 bridgehead atoms. The van der Waals surface area contributed by atoms with Gasteiger partial charge in [-0.2, -0.15) is 0 Å². The molecule has 0 amide bonds. The number of hydrogen-bond donors (Lipinski definition) is 3. The first-order valence-corrected chi connectivity index (χ1v) is 9.77. The summed E-state index contributed by atoms with van der Waals surface area (Å²) in [5.74, 6) is -1.42. The Morgan fingerprint density at radius 1 is 1.00 bits per heavy atom. The summed E-state index contributed by atoms with van der Waals surface area (Å²) in [6.07, 6.45) is 10.0. The van der Waals surface area contributed by atoms with Gasteiger partial charge >= 0.3 is 11.9 Å². The molecule has 29 heavy (non-hydrogen) atoms. The number of aliphatic hydroxyl groups excluding tert-OH is 1. The largest absolute Gasteiger partial charge is 0.478 e. The number of carboxylic acid groups (broad SMARTS) is 2. The summed E-state index contributed by atoms with van der Waals surface area (Å²) >= 11 is 0. The highest BCUT2D eigenvalue weighted by Crippen LogP contribution is 2.19. The van der Waals surface area contributed by atoms with Gasteiger partial charge in [-0.25, -0.2) is 19.6 Å². The van der Waals surface area contributed by atoms with Crippen LogP contribution < -0.4 is 0 Å². The molecule has 0 aliphatic carbocycles. The SMILES string of the molecule is CCC(C)CCCCC(O)c1cncnc1.Cc1c(C(=O)O)cccc1C(=O)O. The van der Waals surface area contributed by atoms with Crippen LogP contribution in [0.4, 0.5) is 0 Å². The van der Waals surface area contributed by atoms with Crippen molar-refractivity contribution in [2.75, 3.05) is 0 Å². The van der Waals surface area contributed by atoms with E-state index in [2.05, 4.69) is 23.8 Å². The molecule has 158 valence electrons. The molecule has 1 aromatic heterocycles. The normalized spacial score (nSPS) is 12.4. The Balaban J connectivity index is 0.000000296. The predicted octanol–water partition coefficient (Wildman–Crippen LogP) is 4.51. The highest BCUT2D eigenvalue weighted by molar-refractivity contribution is 5.96. The van der Waals surface area contributed by atoms with E-state index in [0.29, 0.717) is 0 Å². The Morgan fingerprint density at radius 3 is 2.00 bits per heavy atom. The predicted molar refractivity (Wildman–Crippen MR) is 110 cm³/mol. The van der Waals surface area contributed by atoms with Crippen LogP contribution in [0.1, 0.15) is 83.9 Å². The van der Waals surface area contributed by atoms with Crippen LogP contribution in [-0.4, -0.2) is 37.2 Å².